The van der Waals surface area contributed by atoms with Crippen molar-refractivity contribution in [3.05, 3.63) is 82.6 Å². The minimum Gasteiger partial charge on any atom is -0.508 e. The average molecular weight is 372 g/mol. The van der Waals surface area contributed by atoms with Crippen molar-refractivity contribution in [3.8, 4) is 22.8 Å². The van der Waals surface area contributed by atoms with E-state index in [1.165, 1.54) is 18.3 Å². The number of aromatic nitrogens is 2. The lowest BCUT2D eigenvalue weighted by Crippen LogP contribution is -2.09. The van der Waals surface area contributed by atoms with E-state index >= 15 is 0 Å². The summed E-state index contributed by atoms with van der Waals surface area (Å²) in [5.41, 5.74) is 5.43. The first-order valence-electron chi connectivity index (χ1n) is 8.51. The first-order chi connectivity index (χ1) is 13.6. The van der Waals surface area contributed by atoms with E-state index in [0.29, 0.717) is 16.6 Å². The normalized spacial score (nSPS) is 11.1. The molecule has 1 aromatic heterocycles. The molecule has 7 heteroatoms. The Kier molecular flexibility index (Phi) is 4.47. The highest BCUT2D eigenvalue weighted by molar-refractivity contribution is 5.93. The number of fused-ring (bicyclic) bond motifs is 1. The van der Waals surface area contributed by atoms with E-state index in [9.17, 15) is 15.0 Å². The summed E-state index contributed by atoms with van der Waals surface area (Å²) in [5, 5.41) is 31.2. The van der Waals surface area contributed by atoms with Crippen LogP contribution in [0.4, 0.5) is 5.69 Å². The third-order valence-corrected chi connectivity index (χ3v) is 4.27. The molecule has 4 aromatic rings. The average Bonchev–Trinajstić information content (AvgIpc) is 2.71. The van der Waals surface area contributed by atoms with E-state index < -0.39 is 0 Å². The highest BCUT2D eigenvalue weighted by atomic mass is 16.3. The van der Waals surface area contributed by atoms with Crippen LogP contribution in [0.25, 0.3) is 22.0 Å². The zero-order valence-electron chi connectivity index (χ0n) is 14.6. The van der Waals surface area contributed by atoms with Crippen LogP contribution in [0.2, 0.25) is 0 Å². The summed E-state index contributed by atoms with van der Waals surface area (Å²) in [6.07, 6.45) is 1.46. The van der Waals surface area contributed by atoms with Gasteiger partial charge < -0.3 is 10.2 Å². The molecular weight excluding hydrogens is 356 g/mol. The SMILES string of the molecule is O=c1[nH]nc(-c2ccc(NN=Cc3ccc(O)cc3O)cc2)c2ccccc12. The van der Waals surface area contributed by atoms with E-state index in [4.69, 9.17) is 0 Å². The quantitative estimate of drug-likeness (QED) is 0.324. The summed E-state index contributed by atoms with van der Waals surface area (Å²) in [5.74, 6) is -0.0708. The van der Waals surface area contributed by atoms with Crippen LogP contribution in [-0.4, -0.2) is 26.6 Å². The number of hydrazone groups is 1. The lowest BCUT2D eigenvalue weighted by Gasteiger charge is -2.06. The summed E-state index contributed by atoms with van der Waals surface area (Å²) in [6.45, 7) is 0. The third kappa shape index (κ3) is 3.41. The number of anilines is 1. The monoisotopic (exact) mass is 372 g/mol. The summed E-state index contributed by atoms with van der Waals surface area (Å²) < 4.78 is 0. The summed E-state index contributed by atoms with van der Waals surface area (Å²) in [6, 6.07) is 19.0. The van der Waals surface area contributed by atoms with Gasteiger partial charge >= 0.3 is 0 Å². The largest absolute Gasteiger partial charge is 0.508 e. The van der Waals surface area contributed by atoms with Crippen molar-refractivity contribution in [1.29, 1.82) is 0 Å². The van der Waals surface area contributed by atoms with Crippen LogP contribution in [0.5, 0.6) is 11.5 Å². The van der Waals surface area contributed by atoms with Crippen molar-refractivity contribution in [3.63, 3.8) is 0 Å². The molecule has 4 rings (SSSR count). The smallest absolute Gasteiger partial charge is 0.272 e. The fourth-order valence-corrected chi connectivity index (χ4v) is 2.86. The standard InChI is InChI=1S/C21H16N4O3/c26-16-10-7-14(19(27)11-16)12-22-23-15-8-5-13(6-9-15)20-17-3-1-2-4-18(17)21(28)25-24-20/h1-12,23,26-27H,(H,25,28). The van der Waals surface area contributed by atoms with Crippen molar-refractivity contribution in [2.45, 2.75) is 0 Å². The van der Waals surface area contributed by atoms with Crippen LogP contribution in [-0.2, 0) is 0 Å². The highest BCUT2D eigenvalue weighted by Crippen LogP contribution is 2.25. The number of phenols is 2. The second-order valence-electron chi connectivity index (χ2n) is 6.14. The fourth-order valence-electron chi connectivity index (χ4n) is 2.86. The molecule has 0 spiro atoms. The maximum atomic E-state index is 11.9. The zero-order valence-corrected chi connectivity index (χ0v) is 14.6. The van der Waals surface area contributed by atoms with E-state index in [-0.39, 0.29) is 17.1 Å². The molecule has 1 heterocycles. The number of phenolic OH excluding ortho intramolecular Hbond substituents is 2. The first-order valence-corrected chi connectivity index (χ1v) is 8.51. The van der Waals surface area contributed by atoms with Crippen LogP contribution < -0.4 is 11.0 Å². The number of rotatable bonds is 4. The number of hydrogen-bond acceptors (Lipinski definition) is 6. The van der Waals surface area contributed by atoms with Crippen molar-refractivity contribution >= 4 is 22.7 Å². The zero-order chi connectivity index (χ0) is 19.5. The van der Waals surface area contributed by atoms with E-state index in [0.717, 1.165) is 16.6 Å². The van der Waals surface area contributed by atoms with Gasteiger partial charge in [0.2, 0.25) is 0 Å². The van der Waals surface area contributed by atoms with Crippen molar-refractivity contribution in [2.75, 3.05) is 5.43 Å². The Morgan fingerprint density at radius 1 is 0.964 bits per heavy atom. The minimum absolute atomic E-state index is 0.0124. The molecule has 0 bridgehead atoms. The maximum absolute atomic E-state index is 11.9. The molecule has 28 heavy (non-hydrogen) atoms. The summed E-state index contributed by atoms with van der Waals surface area (Å²) >= 11 is 0. The summed E-state index contributed by atoms with van der Waals surface area (Å²) in [7, 11) is 0. The Bertz CT molecular complexity index is 1230. The lowest BCUT2D eigenvalue weighted by molar-refractivity contribution is 0.450. The topological polar surface area (TPSA) is 111 Å². The number of aromatic amines is 1. The van der Waals surface area contributed by atoms with Crippen LogP contribution >= 0.6 is 0 Å². The molecule has 0 saturated heterocycles. The molecule has 0 unspecified atom stereocenters. The molecule has 0 amide bonds. The van der Waals surface area contributed by atoms with Crippen molar-refractivity contribution in [1.82, 2.24) is 10.2 Å². The van der Waals surface area contributed by atoms with Gasteiger partial charge in [0, 0.05) is 22.6 Å². The molecule has 0 aliphatic rings. The van der Waals surface area contributed by atoms with Gasteiger partial charge in [-0.25, -0.2) is 5.10 Å². The van der Waals surface area contributed by atoms with Gasteiger partial charge in [-0.15, -0.1) is 0 Å². The van der Waals surface area contributed by atoms with E-state index in [1.807, 2.05) is 42.5 Å². The minimum atomic E-state index is -0.218. The van der Waals surface area contributed by atoms with Gasteiger partial charge in [0.25, 0.3) is 5.56 Å². The lowest BCUT2D eigenvalue weighted by atomic mass is 10.0. The number of aromatic hydroxyl groups is 2. The third-order valence-electron chi connectivity index (χ3n) is 4.27. The number of benzene rings is 3. The Hall–Kier alpha value is -4.13. The molecular formula is C21H16N4O3. The number of H-pyrrole nitrogens is 1. The number of nitrogens with one attached hydrogen (secondary N) is 2. The molecule has 0 atom stereocenters. The Morgan fingerprint density at radius 3 is 2.46 bits per heavy atom. The molecule has 0 fully saturated rings. The van der Waals surface area contributed by atoms with Crippen LogP contribution in [0.1, 0.15) is 5.56 Å². The van der Waals surface area contributed by atoms with Crippen LogP contribution in [0.15, 0.2) is 76.6 Å². The van der Waals surface area contributed by atoms with E-state index in [2.05, 4.69) is 20.7 Å². The van der Waals surface area contributed by atoms with Gasteiger partial charge in [0.15, 0.2) is 0 Å². The molecule has 0 aliphatic heterocycles. The van der Waals surface area contributed by atoms with Crippen LogP contribution in [0.3, 0.4) is 0 Å². The second-order valence-corrected chi connectivity index (χ2v) is 6.14. The van der Waals surface area contributed by atoms with Gasteiger partial charge in [-0.2, -0.15) is 10.2 Å². The Labute approximate surface area is 159 Å². The molecule has 7 nitrogen and oxygen atoms in total. The predicted octanol–water partition coefficient (Wildman–Crippen LogP) is 3.45. The second kappa shape index (κ2) is 7.24. The van der Waals surface area contributed by atoms with Gasteiger partial charge in [-0.3, -0.25) is 10.2 Å². The number of hydrogen-bond donors (Lipinski definition) is 4. The molecule has 0 saturated carbocycles. The molecule has 138 valence electrons. The molecule has 4 N–H and O–H groups in total. The Morgan fingerprint density at radius 2 is 1.71 bits per heavy atom. The van der Waals surface area contributed by atoms with Gasteiger partial charge in [0.1, 0.15) is 11.5 Å². The maximum Gasteiger partial charge on any atom is 0.272 e. The predicted molar refractivity (Wildman–Crippen MR) is 109 cm³/mol. The van der Waals surface area contributed by atoms with E-state index in [1.54, 1.807) is 12.1 Å². The van der Waals surface area contributed by atoms with Crippen molar-refractivity contribution < 1.29 is 10.2 Å². The fraction of sp³-hybridized carbons (Fsp3) is 0. The van der Waals surface area contributed by atoms with Crippen molar-refractivity contribution in [2.24, 2.45) is 5.10 Å². The Balaban J connectivity index is 1.56. The van der Waals surface area contributed by atoms with Gasteiger partial charge in [-0.1, -0.05) is 30.3 Å². The first kappa shape index (κ1) is 17.3. The van der Waals surface area contributed by atoms with Crippen LogP contribution in [0, 0.1) is 0 Å². The van der Waals surface area contributed by atoms with Gasteiger partial charge in [-0.05, 0) is 30.3 Å². The molecule has 3 aromatic carbocycles. The summed E-state index contributed by atoms with van der Waals surface area (Å²) in [4.78, 5) is 11.9. The molecule has 0 radical (unpaired) electrons. The van der Waals surface area contributed by atoms with Gasteiger partial charge in [0.05, 0.1) is 23.0 Å². The highest BCUT2D eigenvalue weighted by Gasteiger charge is 2.08. The molecule has 0 aliphatic carbocycles. The number of nitrogens with zero attached hydrogens (tertiary/aromatic N) is 2.